The Balaban J connectivity index is 2.33. The first kappa shape index (κ1) is 12.6. The molecule has 0 bridgehead atoms. The summed E-state index contributed by atoms with van der Waals surface area (Å²) in [6.45, 7) is 0. The van der Waals surface area contributed by atoms with E-state index in [1.54, 1.807) is 18.4 Å². The van der Waals surface area contributed by atoms with Gasteiger partial charge in [0.15, 0.2) is 10.9 Å². The number of carbonyl (C=O) groups is 1. The SMILES string of the molecule is CSc1nc(C(=O)O)c(Cc2cccc(F)c2)[nH]1. The van der Waals surface area contributed by atoms with Crippen molar-refractivity contribution in [2.45, 2.75) is 11.6 Å². The molecule has 0 aliphatic rings. The van der Waals surface area contributed by atoms with E-state index >= 15 is 0 Å². The molecule has 1 aromatic carbocycles. The normalized spacial score (nSPS) is 10.6. The maximum Gasteiger partial charge on any atom is 0.356 e. The molecule has 0 aliphatic carbocycles. The first-order chi connectivity index (χ1) is 8.60. The van der Waals surface area contributed by atoms with Crippen LogP contribution in [0.25, 0.3) is 0 Å². The maximum absolute atomic E-state index is 13.1. The second-order valence-corrected chi connectivity index (χ2v) is 4.48. The van der Waals surface area contributed by atoms with Crippen molar-refractivity contribution in [3.63, 3.8) is 0 Å². The molecule has 6 heteroatoms. The number of H-pyrrole nitrogens is 1. The summed E-state index contributed by atoms with van der Waals surface area (Å²) >= 11 is 1.33. The van der Waals surface area contributed by atoms with Crippen LogP contribution in [0.4, 0.5) is 4.39 Å². The first-order valence-electron chi connectivity index (χ1n) is 5.20. The smallest absolute Gasteiger partial charge is 0.356 e. The van der Waals surface area contributed by atoms with Crippen LogP contribution < -0.4 is 0 Å². The fraction of sp³-hybridized carbons (Fsp3) is 0.167. The van der Waals surface area contributed by atoms with E-state index in [1.165, 1.54) is 23.9 Å². The van der Waals surface area contributed by atoms with Gasteiger partial charge in [0.1, 0.15) is 5.82 Å². The lowest BCUT2D eigenvalue weighted by Crippen LogP contribution is -2.02. The van der Waals surface area contributed by atoms with Crippen LogP contribution in [0.5, 0.6) is 0 Å². The number of carboxylic acids is 1. The van der Waals surface area contributed by atoms with Gasteiger partial charge in [0.25, 0.3) is 0 Å². The van der Waals surface area contributed by atoms with Crippen LogP contribution in [-0.4, -0.2) is 27.3 Å². The van der Waals surface area contributed by atoms with Crippen molar-refractivity contribution in [2.24, 2.45) is 0 Å². The molecule has 0 amide bonds. The van der Waals surface area contributed by atoms with Gasteiger partial charge >= 0.3 is 5.97 Å². The molecule has 0 saturated heterocycles. The summed E-state index contributed by atoms with van der Waals surface area (Å²) in [5.74, 6) is -1.42. The number of imidazole rings is 1. The Morgan fingerprint density at radius 3 is 2.94 bits per heavy atom. The molecule has 2 N–H and O–H groups in total. The summed E-state index contributed by atoms with van der Waals surface area (Å²) < 4.78 is 13.1. The van der Waals surface area contributed by atoms with Gasteiger partial charge in [0, 0.05) is 6.42 Å². The number of hydrogen-bond acceptors (Lipinski definition) is 3. The lowest BCUT2D eigenvalue weighted by atomic mass is 10.1. The highest BCUT2D eigenvalue weighted by Gasteiger charge is 2.16. The predicted molar refractivity (Wildman–Crippen MR) is 66.5 cm³/mol. The molecule has 1 heterocycles. The monoisotopic (exact) mass is 266 g/mol. The summed E-state index contributed by atoms with van der Waals surface area (Å²) in [5, 5.41) is 9.58. The van der Waals surface area contributed by atoms with E-state index in [-0.39, 0.29) is 11.5 Å². The van der Waals surface area contributed by atoms with Gasteiger partial charge in [-0.1, -0.05) is 23.9 Å². The van der Waals surface area contributed by atoms with E-state index in [9.17, 15) is 9.18 Å². The number of aromatic nitrogens is 2. The van der Waals surface area contributed by atoms with Crippen molar-refractivity contribution in [2.75, 3.05) is 6.26 Å². The summed E-state index contributed by atoms with van der Waals surface area (Å²) in [6.07, 6.45) is 2.11. The molecule has 18 heavy (non-hydrogen) atoms. The van der Waals surface area contributed by atoms with Gasteiger partial charge in [0.05, 0.1) is 5.69 Å². The van der Waals surface area contributed by atoms with Gasteiger partial charge in [-0.05, 0) is 24.0 Å². The van der Waals surface area contributed by atoms with Crippen LogP contribution in [0, 0.1) is 5.82 Å². The largest absolute Gasteiger partial charge is 0.476 e. The fourth-order valence-electron chi connectivity index (χ4n) is 1.64. The van der Waals surface area contributed by atoms with Crippen molar-refractivity contribution in [3.05, 3.63) is 47.0 Å². The van der Waals surface area contributed by atoms with Gasteiger partial charge in [-0.3, -0.25) is 0 Å². The van der Waals surface area contributed by atoms with E-state index in [1.807, 2.05) is 0 Å². The molecular formula is C12H11FN2O2S. The second kappa shape index (κ2) is 5.22. The molecule has 2 aromatic rings. The third-order valence-electron chi connectivity index (χ3n) is 2.42. The Kier molecular flexibility index (Phi) is 3.66. The standard InChI is InChI=1S/C12H11FN2O2S/c1-18-12-14-9(10(15-12)11(16)17)6-7-3-2-4-8(13)5-7/h2-5H,6H2,1H3,(H,14,15)(H,16,17). The number of aromatic carboxylic acids is 1. The number of carboxylic acid groups (broad SMARTS) is 1. The highest BCUT2D eigenvalue weighted by molar-refractivity contribution is 7.98. The zero-order valence-electron chi connectivity index (χ0n) is 9.61. The molecule has 0 radical (unpaired) electrons. The number of benzene rings is 1. The lowest BCUT2D eigenvalue weighted by Gasteiger charge is -2.00. The van der Waals surface area contributed by atoms with Crippen LogP contribution in [0.3, 0.4) is 0 Å². The topological polar surface area (TPSA) is 66.0 Å². The Labute approximate surface area is 107 Å². The zero-order chi connectivity index (χ0) is 13.1. The lowest BCUT2D eigenvalue weighted by molar-refractivity contribution is 0.0689. The third kappa shape index (κ3) is 2.70. The minimum atomic E-state index is -1.09. The second-order valence-electron chi connectivity index (χ2n) is 3.69. The third-order valence-corrected chi connectivity index (χ3v) is 3.00. The number of rotatable bonds is 4. The Bertz CT molecular complexity index is 583. The summed E-state index contributed by atoms with van der Waals surface area (Å²) in [6, 6.07) is 6.07. The highest BCUT2D eigenvalue weighted by Crippen LogP contribution is 2.18. The number of hydrogen-bond donors (Lipinski definition) is 2. The van der Waals surface area contributed by atoms with Gasteiger partial charge in [-0.15, -0.1) is 0 Å². The molecule has 94 valence electrons. The molecule has 4 nitrogen and oxygen atoms in total. The Hall–Kier alpha value is -1.82. The molecule has 0 saturated carbocycles. The average Bonchev–Trinajstić information content (AvgIpc) is 2.72. The average molecular weight is 266 g/mol. The van der Waals surface area contributed by atoms with E-state index in [2.05, 4.69) is 9.97 Å². The molecule has 0 atom stereocenters. The van der Waals surface area contributed by atoms with Crippen molar-refractivity contribution >= 4 is 17.7 Å². The summed E-state index contributed by atoms with van der Waals surface area (Å²) in [5.41, 5.74) is 1.18. The predicted octanol–water partition coefficient (Wildman–Crippen LogP) is 2.56. The molecular weight excluding hydrogens is 255 g/mol. The van der Waals surface area contributed by atoms with Crippen molar-refractivity contribution in [1.82, 2.24) is 9.97 Å². The van der Waals surface area contributed by atoms with E-state index in [4.69, 9.17) is 5.11 Å². The Morgan fingerprint density at radius 1 is 1.56 bits per heavy atom. The number of nitrogens with one attached hydrogen (secondary N) is 1. The van der Waals surface area contributed by atoms with Crippen molar-refractivity contribution in [1.29, 1.82) is 0 Å². The summed E-state index contributed by atoms with van der Waals surface area (Å²) in [7, 11) is 0. The number of aromatic amines is 1. The summed E-state index contributed by atoms with van der Waals surface area (Å²) in [4.78, 5) is 17.9. The first-order valence-corrected chi connectivity index (χ1v) is 6.43. The van der Waals surface area contributed by atoms with E-state index < -0.39 is 5.97 Å². The molecule has 2 rings (SSSR count). The van der Waals surface area contributed by atoms with Crippen LogP contribution in [0.2, 0.25) is 0 Å². The highest BCUT2D eigenvalue weighted by atomic mass is 32.2. The fourth-order valence-corrected chi connectivity index (χ4v) is 2.05. The minimum absolute atomic E-state index is 0.0105. The van der Waals surface area contributed by atoms with Gasteiger partial charge in [-0.25, -0.2) is 14.2 Å². The van der Waals surface area contributed by atoms with Crippen LogP contribution in [-0.2, 0) is 6.42 Å². The number of nitrogens with zero attached hydrogens (tertiary/aromatic N) is 1. The van der Waals surface area contributed by atoms with Gasteiger partial charge in [-0.2, -0.15) is 0 Å². The molecule has 0 aliphatic heterocycles. The van der Waals surface area contributed by atoms with E-state index in [0.29, 0.717) is 22.8 Å². The zero-order valence-corrected chi connectivity index (χ0v) is 10.4. The number of thioether (sulfide) groups is 1. The molecule has 0 unspecified atom stereocenters. The van der Waals surface area contributed by atoms with Crippen LogP contribution in [0.15, 0.2) is 29.4 Å². The minimum Gasteiger partial charge on any atom is -0.476 e. The van der Waals surface area contributed by atoms with Gasteiger partial charge < -0.3 is 10.1 Å². The molecule has 1 aromatic heterocycles. The molecule has 0 spiro atoms. The van der Waals surface area contributed by atoms with E-state index in [0.717, 1.165) is 0 Å². The quantitative estimate of drug-likeness (QED) is 0.835. The van der Waals surface area contributed by atoms with Crippen LogP contribution >= 0.6 is 11.8 Å². The number of halogens is 1. The van der Waals surface area contributed by atoms with Crippen LogP contribution in [0.1, 0.15) is 21.7 Å². The van der Waals surface area contributed by atoms with Gasteiger partial charge in [0.2, 0.25) is 0 Å². The Morgan fingerprint density at radius 2 is 2.33 bits per heavy atom. The maximum atomic E-state index is 13.1. The van der Waals surface area contributed by atoms with Crippen molar-refractivity contribution < 1.29 is 14.3 Å². The van der Waals surface area contributed by atoms with Crippen molar-refractivity contribution in [3.8, 4) is 0 Å². The molecule has 0 fully saturated rings.